The molecule has 3 aromatic rings. The number of hydrogen-bond donors (Lipinski definition) is 1. The third-order valence-electron chi connectivity index (χ3n) is 5.00. The van der Waals surface area contributed by atoms with E-state index in [1.165, 1.54) is 24.3 Å². The molecule has 5 heteroatoms. The average molecular weight is 368 g/mol. The summed E-state index contributed by atoms with van der Waals surface area (Å²) in [5.41, 5.74) is 1.95. The molecule has 0 saturated carbocycles. The van der Waals surface area contributed by atoms with Crippen LogP contribution in [0.4, 0.5) is 14.5 Å². The first-order valence-electron chi connectivity index (χ1n) is 9.23. The van der Waals surface area contributed by atoms with Gasteiger partial charge in [-0.15, -0.1) is 0 Å². The maximum atomic E-state index is 13.1. The van der Waals surface area contributed by atoms with Crippen LogP contribution in [0.3, 0.4) is 0 Å². The number of rotatable bonds is 6. The number of anilines is 1. The highest BCUT2D eigenvalue weighted by atomic mass is 19.1. The second kappa shape index (κ2) is 7.92. The van der Waals surface area contributed by atoms with Gasteiger partial charge in [0.2, 0.25) is 0 Å². The molecule has 140 valence electrons. The fourth-order valence-electron chi connectivity index (χ4n) is 3.53. The van der Waals surface area contributed by atoms with Crippen molar-refractivity contribution < 1.29 is 13.2 Å². The van der Waals surface area contributed by atoms with Crippen molar-refractivity contribution in [1.29, 1.82) is 0 Å². The number of nitrogens with one attached hydrogen (secondary N) is 1. The zero-order chi connectivity index (χ0) is 18.6. The van der Waals surface area contributed by atoms with Crippen LogP contribution in [0, 0.1) is 17.6 Å². The Morgan fingerprint density at radius 1 is 0.926 bits per heavy atom. The van der Waals surface area contributed by atoms with Gasteiger partial charge >= 0.3 is 0 Å². The van der Waals surface area contributed by atoms with Crippen LogP contribution in [-0.4, -0.2) is 19.6 Å². The normalized spacial score (nSPS) is 16.8. The summed E-state index contributed by atoms with van der Waals surface area (Å²) < 4.78 is 31.9. The summed E-state index contributed by atoms with van der Waals surface area (Å²) in [6.07, 6.45) is 1.11. The van der Waals surface area contributed by atoms with Crippen molar-refractivity contribution in [3.05, 3.63) is 78.1 Å². The minimum Gasteiger partial charge on any atom is -0.460 e. The molecule has 27 heavy (non-hydrogen) atoms. The minimum absolute atomic E-state index is 0.199. The lowest BCUT2D eigenvalue weighted by molar-refractivity contribution is 0.460. The molecule has 1 saturated heterocycles. The summed E-state index contributed by atoms with van der Waals surface area (Å²) in [6, 6.07) is 16.9. The van der Waals surface area contributed by atoms with Crippen LogP contribution in [-0.2, 0) is 6.54 Å². The van der Waals surface area contributed by atoms with Gasteiger partial charge in [0.1, 0.15) is 23.2 Å². The Kier molecular flexibility index (Phi) is 5.21. The van der Waals surface area contributed by atoms with Gasteiger partial charge in [-0.25, -0.2) is 8.78 Å². The topological polar surface area (TPSA) is 28.4 Å². The van der Waals surface area contributed by atoms with Crippen molar-refractivity contribution in [2.24, 2.45) is 5.92 Å². The third-order valence-corrected chi connectivity index (χ3v) is 5.00. The first kappa shape index (κ1) is 17.7. The molecule has 0 radical (unpaired) electrons. The van der Waals surface area contributed by atoms with Crippen LogP contribution >= 0.6 is 0 Å². The smallest absolute Gasteiger partial charge is 0.134 e. The number of benzene rings is 2. The fourth-order valence-corrected chi connectivity index (χ4v) is 3.53. The Balaban J connectivity index is 1.26. The molecule has 1 N–H and O–H groups in total. The Bertz CT molecular complexity index is 874. The zero-order valence-electron chi connectivity index (χ0n) is 15.0. The molecule has 1 unspecified atom stereocenters. The van der Waals surface area contributed by atoms with Crippen LogP contribution in [0.5, 0.6) is 0 Å². The summed E-state index contributed by atoms with van der Waals surface area (Å²) in [6.45, 7) is 3.53. The molecule has 3 nitrogen and oxygen atoms in total. The SMILES string of the molecule is Fc1ccc(-c2ccc(CNCC3CCN(c4ccc(F)cc4)C3)o2)cc1. The molecule has 0 aliphatic carbocycles. The standard InChI is InChI=1S/C22H22F2N2O/c23-18-3-1-17(2-4-18)22-10-9-21(27-22)14-25-13-16-11-12-26(15-16)20-7-5-19(24)6-8-20/h1-10,16,25H,11-15H2. The molecule has 0 amide bonds. The molecule has 1 aliphatic heterocycles. The van der Waals surface area contributed by atoms with E-state index in [1.54, 1.807) is 12.1 Å². The van der Waals surface area contributed by atoms with Gasteiger partial charge in [0, 0.05) is 30.9 Å². The van der Waals surface area contributed by atoms with E-state index in [0.717, 1.165) is 48.8 Å². The van der Waals surface area contributed by atoms with Crippen molar-refractivity contribution in [1.82, 2.24) is 5.32 Å². The second-order valence-corrected chi connectivity index (χ2v) is 6.98. The fraction of sp³-hybridized carbons (Fsp3) is 0.273. The van der Waals surface area contributed by atoms with Crippen LogP contribution < -0.4 is 10.2 Å². The molecule has 2 aromatic carbocycles. The largest absolute Gasteiger partial charge is 0.460 e. The van der Waals surface area contributed by atoms with Crippen LogP contribution in [0.15, 0.2) is 65.1 Å². The van der Waals surface area contributed by atoms with Crippen molar-refractivity contribution in [2.45, 2.75) is 13.0 Å². The summed E-state index contributed by atoms with van der Waals surface area (Å²) in [7, 11) is 0. The Hall–Kier alpha value is -2.66. The number of halogens is 2. The van der Waals surface area contributed by atoms with E-state index < -0.39 is 0 Å². The van der Waals surface area contributed by atoms with Crippen molar-refractivity contribution >= 4 is 5.69 Å². The highest BCUT2D eigenvalue weighted by Gasteiger charge is 2.22. The summed E-state index contributed by atoms with van der Waals surface area (Å²) in [5.74, 6) is 1.72. The molecule has 1 aliphatic rings. The van der Waals surface area contributed by atoms with E-state index in [2.05, 4.69) is 10.2 Å². The predicted octanol–water partition coefficient (Wildman–Crippen LogP) is 4.84. The number of nitrogens with zero attached hydrogens (tertiary/aromatic N) is 1. The molecule has 1 atom stereocenters. The Labute approximate surface area is 157 Å². The highest BCUT2D eigenvalue weighted by Crippen LogP contribution is 2.24. The Morgan fingerprint density at radius 3 is 2.37 bits per heavy atom. The molecule has 2 heterocycles. The van der Waals surface area contributed by atoms with E-state index in [0.29, 0.717) is 12.5 Å². The van der Waals surface area contributed by atoms with Crippen LogP contribution in [0.2, 0.25) is 0 Å². The van der Waals surface area contributed by atoms with Gasteiger partial charge in [-0.05, 0) is 73.0 Å². The first-order valence-corrected chi connectivity index (χ1v) is 9.23. The Morgan fingerprint density at radius 2 is 1.63 bits per heavy atom. The maximum Gasteiger partial charge on any atom is 0.134 e. The van der Waals surface area contributed by atoms with Crippen molar-refractivity contribution in [2.75, 3.05) is 24.5 Å². The van der Waals surface area contributed by atoms with E-state index in [4.69, 9.17) is 4.42 Å². The van der Waals surface area contributed by atoms with E-state index >= 15 is 0 Å². The van der Waals surface area contributed by atoms with E-state index in [9.17, 15) is 8.78 Å². The van der Waals surface area contributed by atoms with Crippen LogP contribution in [0.1, 0.15) is 12.2 Å². The lowest BCUT2D eigenvalue weighted by atomic mass is 10.1. The van der Waals surface area contributed by atoms with Crippen molar-refractivity contribution in [3.63, 3.8) is 0 Å². The van der Waals surface area contributed by atoms with Gasteiger partial charge in [-0.3, -0.25) is 0 Å². The lowest BCUT2D eigenvalue weighted by Gasteiger charge is -2.18. The van der Waals surface area contributed by atoms with Crippen LogP contribution in [0.25, 0.3) is 11.3 Å². The summed E-state index contributed by atoms with van der Waals surface area (Å²) >= 11 is 0. The summed E-state index contributed by atoms with van der Waals surface area (Å²) in [5, 5.41) is 3.46. The number of hydrogen-bond acceptors (Lipinski definition) is 3. The summed E-state index contributed by atoms with van der Waals surface area (Å²) in [4.78, 5) is 2.30. The monoisotopic (exact) mass is 368 g/mol. The molecular formula is C22H22F2N2O. The van der Waals surface area contributed by atoms with Crippen molar-refractivity contribution in [3.8, 4) is 11.3 Å². The first-order chi connectivity index (χ1) is 13.2. The van der Waals surface area contributed by atoms with Gasteiger partial charge in [0.25, 0.3) is 0 Å². The van der Waals surface area contributed by atoms with Gasteiger partial charge < -0.3 is 14.6 Å². The highest BCUT2D eigenvalue weighted by molar-refractivity contribution is 5.57. The third kappa shape index (κ3) is 4.37. The molecule has 1 fully saturated rings. The van der Waals surface area contributed by atoms with E-state index in [-0.39, 0.29) is 11.6 Å². The minimum atomic E-state index is -0.251. The second-order valence-electron chi connectivity index (χ2n) is 6.98. The van der Waals surface area contributed by atoms with Gasteiger partial charge in [0.15, 0.2) is 0 Å². The molecule has 1 aromatic heterocycles. The average Bonchev–Trinajstić information content (AvgIpc) is 3.33. The van der Waals surface area contributed by atoms with Gasteiger partial charge in [0.05, 0.1) is 6.54 Å². The zero-order valence-corrected chi connectivity index (χ0v) is 15.0. The quantitative estimate of drug-likeness (QED) is 0.675. The maximum absolute atomic E-state index is 13.1. The predicted molar refractivity (Wildman–Crippen MR) is 103 cm³/mol. The molecule has 0 spiro atoms. The van der Waals surface area contributed by atoms with Gasteiger partial charge in [-0.2, -0.15) is 0 Å². The molecular weight excluding hydrogens is 346 g/mol. The lowest BCUT2D eigenvalue weighted by Crippen LogP contribution is -2.26. The van der Waals surface area contributed by atoms with E-state index in [1.807, 2.05) is 24.3 Å². The van der Waals surface area contributed by atoms with Gasteiger partial charge in [-0.1, -0.05) is 0 Å². The molecule has 4 rings (SSSR count). The molecule has 0 bridgehead atoms. The number of furan rings is 1.